The molecular weight excluding hydrogens is 623 g/mol. The van der Waals surface area contributed by atoms with Crippen LogP contribution in [-0.4, -0.2) is 47.2 Å². The van der Waals surface area contributed by atoms with Crippen LogP contribution in [0.5, 0.6) is 0 Å². The fourth-order valence-electron chi connectivity index (χ4n) is 5.80. The molecule has 2 heterocycles. The number of aliphatic hydroxyl groups is 1. The highest BCUT2D eigenvalue weighted by Gasteiger charge is 2.56. The summed E-state index contributed by atoms with van der Waals surface area (Å²) < 4.78 is 33.2. The van der Waals surface area contributed by atoms with Gasteiger partial charge in [0.15, 0.2) is 0 Å². The minimum Gasteiger partial charge on any atom is -0.374 e. The van der Waals surface area contributed by atoms with Crippen molar-refractivity contribution in [3.05, 3.63) is 160 Å². The molecule has 0 radical (unpaired) electrons. The van der Waals surface area contributed by atoms with Crippen LogP contribution in [0.15, 0.2) is 133 Å². The fourth-order valence-corrected chi connectivity index (χ4v) is 6.53. The van der Waals surface area contributed by atoms with Gasteiger partial charge >= 0.3 is 0 Å². The SMILES string of the molecule is C#C[C@@](O)(c1nccs1)[C@@H]1O[C@H](COCc2ccccc2)[C@@H](OCc2ccccc2)[C@H](OCc2ccccc2)[C@H]1OCc1ccccc1. The Balaban J connectivity index is 1.38. The lowest BCUT2D eigenvalue weighted by Gasteiger charge is -2.49. The van der Waals surface area contributed by atoms with Crippen molar-refractivity contribution in [1.29, 1.82) is 0 Å². The van der Waals surface area contributed by atoms with E-state index in [1.807, 2.05) is 121 Å². The largest absolute Gasteiger partial charge is 0.374 e. The van der Waals surface area contributed by atoms with E-state index in [1.165, 1.54) is 11.3 Å². The van der Waals surface area contributed by atoms with E-state index in [-0.39, 0.29) is 19.8 Å². The average Bonchev–Trinajstić information content (AvgIpc) is 3.70. The van der Waals surface area contributed by atoms with Crippen molar-refractivity contribution in [2.45, 2.75) is 62.5 Å². The van der Waals surface area contributed by atoms with E-state index < -0.39 is 36.1 Å². The van der Waals surface area contributed by atoms with Crippen molar-refractivity contribution in [1.82, 2.24) is 4.98 Å². The number of aromatic nitrogens is 1. The molecule has 6 rings (SSSR count). The van der Waals surface area contributed by atoms with Crippen molar-refractivity contribution in [3.63, 3.8) is 0 Å². The lowest BCUT2D eigenvalue weighted by Crippen LogP contribution is -2.66. The summed E-state index contributed by atoms with van der Waals surface area (Å²) in [7, 11) is 0. The molecule has 0 spiro atoms. The second-order valence-corrected chi connectivity index (χ2v) is 12.5. The van der Waals surface area contributed by atoms with Crippen LogP contribution in [0.25, 0.3) is 0 Å². The van der Waals surface area contributed by atoms with Crippen LogP contribution in [0, 0.1) is 12.3 Å². The number of thiazole rings is 1. The predicted molar refractivity (Wildman–Crippen MR) is 185 cm³/mol. The molecule has 4 aromatic carbocycles. The van der Waals surface area contributed by atoms with Crippen LogP contribution < -0.4 is 0 Å². The third-order valence-corrected chi connectivity index (χ3v) is 9.17. The van der Waals surface area contributed by atoms with Crippen molar-refractivity contribution in [2.24, 2.45) is 0 Å². The molecule has 0 unspecified atom stereocenters. The normalized spacial score (nSPS) is 22.0. The maximum Gasteiger partial charge on any atom is 0.206 e. The zero-order valence-electron chi connectivity index (χ0n) is 26.5. The fraction of sp³-hybridized carbons (Fsp3) is 0.275. The summed E-state index contributed by atoms with van der Waals surface area (Å²) >= 11 is 1.26. The molecule has 0 aliphatic carbocycles. The number of benzene rings is 4. The number of nitrogens with zero attached hydrogens (tertiary/aromatic N) is 1. The molecule has 0 bridgehead atoms. The molecule has 246 valence electrons. The van der Waals surface area contributed by atoms with Gasteiger partial charge in [-0.2, -0.15) is 0 Å². The van der Waals surface area contributed by atoms with E-state index in [9.17, 15) is 5.11 Å². The van der Waals surface area contributed by atoms with Crippen molar-refractivity contribution < 1.29 is 28.8 Å². The van der Waals surface area contributed by atoms with Gasteiger partial charge in [0.1, 0.15) is 35.5 Å². The van der Waals surface area contributed by atoms with Crippen LogP contribution in [0.4, 0.5) is 0 Å². The third kappa shape index (κ3) is 8.45. The highest BCUT2D eigenvalue weighted by atomic mass is 32.1. The van der Waals surface area contributed by atoms with Crippen molar-refractivity contribution in [2.75, 3.05) is 6.61 Å². The molecule has 1 N–H and O–H groups in total. The van der Waals surface area contributed by atoms with Gasteiger partial charge in [0.05, 0.1) is 33.0 Å². The maximum atomic E-state index is 12.3. The van der Waals surface area contributed by atoms with Crippen LogP contribution in [0.3, 0.4) is 0 Å². The lowest BCUT2D eigenvalue weighted by molar-refractivity contribution is -0.296. The van der Waals surface area contributed by atoms with Crippen LogP contribution in [0.2, 0.25) is 0 Å². The van der Waals surface area contributed by atoms with Gasteiger partial charge in [-0.05, 0) is 22.3 Å². The molecule has 1 aliphatic heterocycles. The monoisotopic (exact) mass is 661 g/mol. The summed E-state index contributed by atoms with van der Waals surface area (Å²) in [5.41, 5.74) is 2.02. The van der Waals surface area contributed by atoms with Gasteiger partial charge < -0.3 is 28.8 Å². The number of rotatable bonds is 15. The summed E-state index contributed by atoms with van der Waals surface area (Å²) in [6, 6.07) is 39.6. The van der Waals surface area contributed by atoms with Crippen LogP contribution in [0.1, 0.15) is 27.3 Å². The topological polar surface area (TPSA) is 79.3 Å². The summed E-state index contributed by atoms with van der Waals surface area (Å²) in [5, 5.41) is 14.4. The van der Waals surface area contributed by atoms with E-state index in [0.29, 0.717) is 18.2 Å². The second-order valence-electron chi connectivity index (χ2n) is 11.6. The first-order valence-corrected chi connectivity index (χ1v) is 16.9. The quantitative estimate of drug-likeness (QED) is 0.125. The van der Waals surface area contributed by atoms with Crippen molar-refractivity contribution >= 4 is 11.3 Å². The van der Waals surface area contributed by atoms with E-state index in [2.05, 4.69) is 10.9 Å². The molecule has 0 amide bonds. The third-order valence-electron chi connectivity index (χ3n) is 8.27. The molecule has 6 atom stereocenters. The number of terminal acetylenes is 1. The Morgan fingerprint density at radius 1 is 0.667 bits per heavy atom. The average molecular weight is 662 g/mol. The van der Waals surface area contributed by atoms with Gasteiger partial charge in [-0.1, -0.05) is 127 Å². The minimum absolute atomic E-state index is 0.153. The number of hydrogen-bond donors (Lipinski definition) is 1. The minimum atomic E-state index is -1.92. The number of ether oxygens (including phenoxy) is 5. The van der Waals surface area contributed by atoms with Crippen LogP contribution in [-0.2, 0) is 55.7 Å². The molecule has 1 saturated heterocycles. The molecule has 1 fully saturated rings. The molecule has 0 saturated carbocycles. The van der Waals surface area contributed by atoms with Crippen LogP contribution >= 0.6 is 11.3 Å². The van der Waals surface area contributed by atoms with Gasteiger partial charge in [-0.3, -0.25) is 0 Å². The molecule has 48 heavy (non-hydrogen) atoms. The Kier molecular flexibility index (Phi) is 11.8. The Morgan fingerprint density at radius 3 is 1.58 bits per heavy atom. The van der Waals surface area contributed by atoms with Gasteiger partial charge in [0, 0.05) is 11.6 Å². The first-order chi connectivity index (χ1) is 23.6. The Morgan fingerprint density at radius 2 is 1.12 bits per heavy atom. The standard InChI is InChI=1S/C40H39NO6S/c1-2-40(42,39-41-23-24-48-39)38-37(46-28-33-21-13-6-14-22-33)36(45-27-32-19-11-5-12-20-32)35(44-26-31-17-9-4-10-18-31)34(47-38)29-43-25-30-15-7-3-8-16-30/h1,3-24,34-38,42H,25-29H2/t34-,35-,36+,37-,38-,40+/m1/s1. The lowest BCUT2D eigenvalue weighted by atomic mass is 9.84. The first kappa shape index (κ1) is 33.7. The second kappa shape index (κ2) is 16.8. The van der Waals surface area contributed by atoms with Crippen molar-refractivity contribution in [3.8, 4) is 12.3 Å². The zero-order chi connectivity index (χ0) is 33.0. The number of hydrogen-bond acceptors (Lipinski definition) is 8. The Hall–Kier alpha value is -4.17. The Labute approximate surface area is 286 Å². The predicted octanol–water partition coefficient (Wildman–Crippen LogP) is 6.70. The molecular formula is C40H39NO6S. The van der Waals surface area contributed by atoms with E-state index in [4.69, 9.17) is 30.1 Å². The summed E-state index contributed by atoms with van der Waals surface area (Å²) in [4.78, 5) is 4.41. The van der Waals surface area contributed by atoms with Gasteiger partial charge in [0.2, 0.25) is 5.60 Å². The highest BCUT2D eigenvalue weighted by molar-refractivity contribution is 7.09. The molecule has 1 aliphatic rings. The van der Waals surface area contributed by atoms with Gasteiger partial charge in [-0.15, -0.1) is 17.8 Å². The van der Waals surface area contributed by atoms with E-state index in [0.717, 1.165) is 22.3 Å². The first-order valence-electron chi connectivity index (χ1n) is 16.0. The highest BCUT2D eigenvalue weighted by Crippen LogP contribution is 2.40. The molecule has 7 nitrogen and oxygen atoms in total. The summed E-state index contributed by atoms with van der Waals surface area (Å²) in [6.45, 7) is 1.33. The van der Waals surface area contributed by atoms with E-state index in [1.54, 1.807) is 11.6 Å². The molecule has 8 heteroatoms. The molecule has 5 aromatic rings. The summed E-state index contributed by atoms with van der Waals surface area (Å²) in [6.07, 6.45) is 3.76. The summed E-state index contributed by atoms with van der Waals surface area (Å²) in [5.74, 6) is 2.61. The van der Waals surface area contributed by atoms with E-state index >= 15 is 0 Å². The van der Waals surface area contributed by atoms with Gasteiger partial charge in [0.25, 0.3) is 0 Å². The van der Waals surface area contributed by atoms with Gasteiger partial charge in [-0.25, -0.2) is 4.98 Å². The zero-order valence-corrected chi connectivity index (χ0v) is 27.4. The Bertz CT molecular complexity index is 1680. The molecule has 1 aromatic heterocycles. The smallest absolute Gasteiger partial charge is 0.206 e. The maximum absolute atomic E-state index is 12.3.